The molecule has 2 aromatic rings. The summed E-state index contributed by atoms with van der Waals surface area (Å²) in [6, 6.07) is 7.22. The topological polar surface area (TPSA) is 59.0 Å². The van der Waals surface area contributed by atoms with E-state index in [0.717, 1.165) is 21.4 Å². The van der Waals surface area contributed by atoms with Gasteiger partial charge < -0.3 is 5.32 Å². The van der Waals surface area contributed by atoms with Gasteiger partial charge in [-0.3, -0.25) is 10.00 Å². The molecule has 0 saturated heterocycles. The minimum absolute atomic E-state index is 0.317. The monoisotopic (exact) mass is 322 g/mol. The maximum absolute atomic E-state index is 11.8. The van der Waals surface area contributed by atoms with Gasteiger partial charge in [0.2, 0.25) is 0 Å². The van der Waals surface area contributed by atoms with E-state index >= 15 is 0 Å². The Kier molecular flexibility index (Phi) is 3.90. The molecule has 0 aliphatic rings. The number of urea groups is 1. The Labute approximate surface area is 120 Å². The highest BCUT2D eigenvalue weighted by Gasteiger charge is 2.08. The molecule has 0 aliphatic carbocycles. The van der Waals surface area contributed by atoms with Crippen LogP contribution in [0.3, 0.4) is 0 Å². The van der Waals surface area contributed by atoms with Crippen LogP contribution in [0, 0.1) is 13.8 Å². The number of carbonyl (C=O) groups excluding carboxylic acids is 1. The highest BCUT2D eigenvalue weighted by Crippen LogP contribution is 2.23. The van der Waals surface area contributed by atoms with Crippen LogP contribution in [-0.2, 0) is 7.05 Å². The molecular formula is C13H15BrN4O. The van der Waals surface area contributed by atoms with Crippen molar-refractivity contribution in [3.05, 3.63) is 40.0 Å². The van der Waals surface area contributed by atoms with Gasteiger partial charge in [0.25, 0.3) is 0 Å². The summed E-state index contributed by atoms with van der Waals surface area (Å²) < 4.78 is 2.55. The van der Waals surface area contributed by atoms with Gasteiger partial charge >= 0.3 is 6.03 Å². The third-order valence-electron chi connectivity index (χ3n) is 2.73. The molecule has 1 aromatic heterocycles. The highest BCUT2D eigenvalue weighted by atomic mass is 79.9. The fraction of sp³-hybridized carbons (Fsp3) is 0.231. The summed E-state index contributed by atoms with van der Waals surface area (Å²) in [6.07, 6.45) is 0. The molecule has 1 heterocycles. The molecule has 0 saturated carbocycles. The molecule has 6 heteroatoms. The molecule has 2 N–H and O–H groups in total. The van der Waals surface area contributed by atoms with E-state index in [1.165, 1.54) is 0 Å². The second-order valence-corrected chi connectivity index (χ2v) is 5.21. The Balaban J connectivity index is 2.05. The Hall–Kier alpha value is -1.82. The fourth-order valence-corrected chi connectivity index (χ4v) is 2.21. The summed E-state index contributed by atoms with van der Waals surface area (Å²) >= 11 is 3.41. The number of benzene rings is 1. The van der Waals surface area contributed by atoms with Crippen LogP contribution in [0.1, 0.15) is 11.3 Å². The zero-order valence-electron chi connectivity index (χ0n) is 11.0. The summed E-state index contributed by atoms with van der Waals surface area (Å²) in [5, 5.41) is 9.62. The minimum atomic E-state index is -0.317. The number of rotatable bonds is 2. The predicted molar refractivity (Wildman–Crippen MR) is 79.5 cm³/mol. The normalized spacial score (nSPS) is 10.3. The average molecular weight is 323 g/mol. The van der Waals surface area contributed by atoms with E-state index in [4.69, 9.17) is 0 Å². The number of hydrogen-bond donors (Lipinski definition) is 2. The third kappa shape index (κ3) is 3.35. The highest BCUT2D eigenvalue weighted by molar-refractivity contribution is 9.10. The number of nitrogens with one attached hydrogen (secondary N) is 2. The zero-order chi connectivity index (χ0) is 14.0. The van der Waals surface area contributed by atoms with E-state index in [1.807, 2.05) is 45.2 Å². The van der Waals surface area contributed by atoms with Crippen molar-refractivity contribution in [1.82, 2.24) is 9.78 Å². The Morgan fingerprint density at radius 3 is 2.58 bits per heavy atom. The Morgan fingerprint density at radius 2 is 2.00 bits per heavy atom. The second-order valence-electron chi connectivity index (χ2n) is 4.36. The molecule has 0 radical (unpaired) electrons. The van der Waals surface area contributed by atoms with Crippen molar-refractivity contribution in [1.29, 1.82) is 0 Å². The number of carbonyl (C=O) groups is 1. The summed E-state index contributed by atoms with van der Waals surface area (Å²) in [5.74, 6) is 0.528. The zero-order valence-corrected chi connectivity index (χ0v) is 12.6. The molecule has 2 rings (SSSR count). The predicted octanol–water partition coefficient (Wildman–Crippen LogP) is 3.44. The van der Waals surface area contributed by atoms with Crippen LogP contribution < -0.4 is 10.6 Å². The van der Waals surface area contributed by atoms with Gasteiger partial charge in [0.15, 0.2) is 5.82 Å². The first-order chi connectivity index (χ1) is 8.95. The van der Waals surface area contributed by atoms with Crippen LogP contribution in [0.5, 0.6) is 0 Å². The number of amides is 2. The second kappa shape index (κ2) is 5.44. The lowest BCUT2D eigenvalue weighted by molar-refractivity contribution is 0.262. The van der Waals surface area contributed by atoms with Gasteiger partial charge in [0.1, 0.15) is 0 Å². The number of nitrogens with zero attached hydrogens (tertiary/aromatic N) is 2. The van der Waals surface area contributed by atoms with Crippen LogP contribution in [0.2, 0.25) is 0 Å². The summed E-state index contributed by atoms with van der Waals surface area (Å²) in [5.41, 5.74) is 2.82. The molecule has 100 valence electrons. The molecule has 0 atom stereocenters. The molecular weight excluding hydrogens is 308 g/mol. The first-order valence-electron chi connectivity index (χ1n) is 5.80. The molecule has 0 bridgehead atoms. The molecule has 1 aromatic carbocycles. The molecule has 0 unspecified atom stereocenters. The van der Waals surface area contributed by atoms with Crippen LogP contribution in [0.4, 0.5) is 16.3 Å². The number of halogens is 1. The van der Waals surface area contributed by atoms with E-state index in [1.54, 1.807) is 4.68 Å². The van der Waals surface area contributed by atoms with Crippen LogP contribution >= 0.6 is 15.9 Å². The van der Waals surface area contributed by atoms with Gasteiger partial charge in [-0.1, -0.05) is 6.07 Å². The molecule has 0 fully saturated rings. The number of aromatic nitrogens is 2. The average Bonchev–Trinajstić information content (AvgIpc) is 2.62. The van der Waals surface area contributed by atoms with Gasteiger partial charge in [-0.15, -0.1) is 0 Å². The van der Waals surface area contributed by atoms with Gasteiger partial charge in [0, 0.05) is 23.3 Å². The largest absolute Gasteiger partial charge is 0.324 e. The van der Waals surface area contributed by atoms with E-state index in [2.05, 4.69) is 31.7 Å². The first kappa shape index (κ1) is 13.6. The first-order valence-corrected chi connectivity index (χ1v) is 6.60. The lowest BCUT2D eigenvalue weighted by atomic mass is 10.2. The van der Waals surface area contributed by atoms with Gasteiger partial charge in [-0.05, 0) is 47.5 Å². The smallest absolute Gasteiger partial charge is 0.307 e. The summed E-state index contributed by atoms with van der Waals surface area (Å²) in [4.78, 5) is 11.8. The molecule has 19 heavy (non-hydrogen) atoms. The van der Waals surface area contributed by atoms with Crippen LogP contribution in [-0.4, -0.2) is 15.8 Å². The van der Waals surface area contributed by atoms with E-state index in [9.17, 15) is 4.79 Å². The molecule has 2 amide bonds. The quantitative estimate of drug-likeness (QED) is 0.889. The van der Waals surface area contributed by atoms with Crippen molar-refractivity contribution >= 4 is 33.5 Å². The maximum atomic E-state index is 11.8. The number of hydrogen-bond acceptors (Lipinski definition) is 2. The van der Waals surface area contributed by atoms with Crippen molar-refractivity contribution < 1.29 is 4.79 Å². The van der Waals surface area contributed by atoms with E-state index in [-0.39, 0.29) is 6.03 Å². The molecule has 0 spiro atoms. The SMILES string of the molecule is Cc1ccc(NC(=O)Nc2cc(C)n(C)n2)c(Br)c1. The van der Waals surface area contributed by atoms with E-state index in [0.29, 0.717) is 5.82 Å². The van der Waals surface area contributed by atoms with Crippen LogP contribution in [0.25, 0.3) is 0 Å². The van der Waals surface area contributed by atoms with Crippen molar-refractivity contribution in [2.24, 2.45) is 7.05 Å². The minimum Gasteiger partial charge on any atom is -0.307 e. The lowest BCUT2D eigenvalue weighted by Gasteiger charge is -2.08. The van der Waals surface area contributed by atoms with Gasteiger partial charge in [0.05, 0.1) is 5.69 Å². The summed E-state index contributed by atoms with van der Waals surface area (Å²) in [6.45, 7) is 3.91. The standard InChI is InChI=1S/C13H15BrN4O/c1-8-4-5-11(10(14)6-8)15-13(19)16-12-7-9(2)18(3)17-12/h4-7H,1-3H3,(H2,15,16,17,19). The van der Waals surface area contributed by atoms with Gasteiger partial charge in [-0.2, -0.15) is 5.10 Å². The Morgan fingerprint density at radius 1 is 1.26 bits per heavy atom. The van der Waals surface area contributed by atoms with Crippen LogP contribution in [0.15, 0.2) is 28.7 Å². The fourth-order valence-electron chi connectivity index (χ4n) is 1.61. The Bertz CT molecular complexity index is 602. The van der Waals surface area contributed by atoms with Crippen molar-refractivity contribution in [3.63, 3.8) is 0 Å². The van der Waals surface area contributed by atoms with E-state index < -0.39 is 0 Å². The number of anilines is 2. The summed E-state index contributed by atoms with van der Waals surface area (Å²) in [7, 11) is 1.83. The van der Waals surface area contributed by atoms with Gasteiger partial charge in [-0.25, -0.2) is 4.79 Å². The molecule has 5 nitrogen and oxygen atoms in total. The van der Waals surface area contributed by atoms with Crippen molar-refractivity contribution in [3.8, 4) is 0 Å². The molecule has 0 aliphatic heterocycles. The third-order valence-corrected chi connectivity index (χ3v) is 3.38. The maximum Gasteiger partial charge on any atom is 0.324 e. The van der Waals surface area contributed by atoms with Crippen molar-refractivity contribution in [2.45, 2.75) is 13.8 Å². The lowest BCUT2D eigenvalue weighted by Crippen LogP contribution is -2.20. The van der Waals surface area contributed by atoms with Crippen molar-refractivity contribution in [2.75, 3.05) is 10.6 Å². The number of aryl methyl sites for hydroxylation is 3.